The van der Waals surface area contributed by atoms with Gasteiger partial charge in [-0.25, -0.2) is 4.79 Å². The fourth-order valence-electron chi connectivity index (χ4n) is 1.75. The van der Waals surface area contributed by atoms with Crippen LogP contribution in [0.1, 0.15) is 10.5 Å². The SMILES string of the molecule is COc1cc(Cl)c(-c2cc(C(=O)O)[nH]n2)c(O)c1OC. The summed E-state index contributed by atoms with van der Waals surface area (Å²) >= 11 is 6.07. The molecule has 1 aromatic carbocycles. The van der Waals surface area contributed by atoms with Crippen LogP contribution in [0.4, 0.5) is 0 Å². The minimum atomic E-state index is -1.17. The van der Waals surface area contributed by atoms with Gasteiger partial charge in [0.2, 0.25) is 5.75 Å². The van der Waals surface area contributed by atoms with Gasteiger partial charge in [-0.05, 0) is 6.07 Å². The van der Waals surface area contributed by atoms with E-state index in [0.717, 1.165) is 0 Å². The Morgan fingerprint density at radius 2 is 2.05 bits per heavy atom. The van der Waals surface area contributed by atoms with Gasteiger partial charge in [0.05, 0.1) is 30.5 Å². The van der Waals surface area contributed by atoms with Crippen molar-refractivity contribution in [3.05, 3.63) is 22.8 Å². The summed E-state index contributed by atoms with van der Waals surface area (Å²) in [7, 11) is 2.77. The number of rotatable bonds is 4. The normalized spacial score (nSPS) is 10.3. The topological polar surface area (TPSA) is 105 Å². The lowest BCUT2D eigenvalue weighted by Crippen LogP contribution is -1.95. The number of phenolic OH excluding ortho intramolecular Hbond substituents is 1. The highest BCUT2D eigenvalue weighted by atomic mass is 35.5. The molecule has 0 bridgehead atoms. The number of carboxylic acid groups (broad SMARTS) is 1. The molecule has 0 aliphatic carbocycles. The van der Waals surface area contributed by atoms with Crippen LogP contribution in [0.15, 0.2) is 12.1 Å². The average Bonchev–Trinajstić information content (AvgIpc) is 2.87. The number of hydrogen-bond acceptors (Lipinski definition) is 5. The first-order valence-corrected chi connectivity index (χ1v) is 5.79. The summed E-state index contributed by atoms with van der Waals surface area (Å²) in [4.78, 5) is 10.8. The lowest BCUT2D eigenvalue weighted by atomic mass is 10.1. The van der Waals surface area contributed by atoms with Crippen molar-refractivity contribution in [2.24, 2.45) is 0 Å². The summed E-state index contributed by atoms with van der Waals surface area (Å²) in [6.45, 7) is 0. The molecule has 0 saturated carbocycles. The number of ether oxygens (including phenoxy) is 2. The van der Waals surface area contributed by atoms with Gasteiger partial charge in [-0.3, -0.25) is 5.10 Å². The molecule has 8 heteroatoms. The van der Waals surface area contributed by atoms with E-state index >= 15 is 0 Å². The number of methoxy groups -OCH3 is 2. The Morgan fingerprint density at radius 1 is 1.35 bits per heavy atom. The minimum Gasteiger partial charge on any atom is -0.504 e. The highest BCUT2D eigenvalue weighted by Gasteiger charge is 2.22. The number of hydrogen-bond donors (Lipinski definition) is 3. The van der Waals surface area contributed by atoms with E-state index in [-0.39, 0.29) is 39.2 Å². The Balaban J connectivity index is 2.64. The first-order valence-electron chi connectivity index (χ1n) is 5.42. The molecule has 0 atom stereocenters. The molecule has 0 amide bonds. The summed E-state index contributed by atoms with van der Waals surface area (Å²) < 4.78 is 10.1. The number of phenols is 1. The quantitative estimate of drug-likeness (QED) is 0.799. The van der Waals surface area contributed by atoms with Crippen molar-refractivity contribution in [1.29, 1.82) is 0 Å². The number of benzene rings is 1. The van der Waals surface area contributed by atoms with E-state index < -0.39 is 5.97 Å². The van der Waals surface area contributed by atoms with E-state index in [9.17, 15) is 9.90 Å². The zero-order valence-corrected chi connectivity index (χ0v) is 11.4. The van der Waals surface area contributed by atoms with Gasteiger partial charge in [0, 0.05) is 6.07 Å². The number of nitrogens with zero attached hydrogens (tertiary/aromatic N) is 1. The Kier molecular flexibility index (Phi) is 3.71. The van der Waals surface area contributed by atoms with E-state index in [1.165, 1.54) is 26.4 Å². The third-order valence-electron chi connectivity index (χ3n) is 2.66. The molecular formula is C12H11ClN2O5. The van der Waals surface area contributed by atoms with Crippen molar-refractivity contribution in [3.63, 3.8) is 0 Å². The highest BCUT2D eigenvalue weighted by molar-refractivity contribution is 6.34. The van der Waals surface area contributed by atoms with Gasteiger partial charge in [0.15, 0.2) is 11.5 Å². The molecule has 0 unspecified atom stereocenters. The van der Waals surface area contributed by atoms with Gasteiger partial charge < -0.3 is 19.7 Å². The number of carbonyl (C=O) groups is 1. The Bertz CT molecular complexity index is 668. The van der Waals surface area contributed by atoms with Crippen molar-refractivity contribution in [1.82, 2.24) is 10.2 Å². The zero-order chi connectivity index (χ0) is 14.9. The molecule has 2 aromatic rings. The van der Waals surface area contributed by atoms with Gasteiger partial charge in [-0.15, -0.1) is 0 Å². The molecule has 0 saturated heterocycles. The average molecular weight is 299 g/mol. The number of aromatic amines is 1. The van der Waals surface area contributed by atoms with Crippen LogP contribution in [-0.2, 0) is 0 Å². The maximum Gasteiger partial charge on any atom is 0.353 e. The molecule has 0 fully saturated rings. The van der Waals surface area contributed by atoms with Crippen LogP contribution in [-0.4, -0.2) is 40.6 Å². The summed E-state index contributed by atoms with van der Waals surface area (Å²) in [6, 6.07) is 2.71. The van der Waals surface area contributed by atoms with Crippen LogP contribution in [0.5, 0.6) is 17.2 Å². The van der Waals surface area contributed by atoms with Crippen LogP contribution < -0.4 is 9.47 Å². The second kappa shape index (κ2) is 5.30. The molecule has 3 N–H and O–H groups in total. The van der Waals surface area contributed by atoms with Gasteiger partial charge >= 0.3 is 5.97 Å². The van der Waals surface area contributed by atoms with Crippen LogP contribution in [0.2, 0.25) is 5.02 Å². The molecule has 0 aliphatic rings. The van der Waals surface area contributed by atoms with Crippen molar-refractivity contribution in [2.45, 2.75) is 0 Å². The fraction of sp³-hybridized carbons (Fsp3) is 0.167. The molecule has 2 rings (SSSR count). The number of halogens is 1. The van der Waals surface area contributed by atoms with E-state index in [1.54, 1.807) is 0 Å². The fourth-order valence-corrected chi connectivity index (χ4v) is 2.03. The van der Waals surface area contributed by atoms with Crippen LogP contribution >= 0.6 is 11.6 Å². The summed E-state index contributed by atoms with van der Waals surface area (Å²) in [5.41, 5.74) is 0.226. The predicted octanol–water partition coefficient (Wildman–Crippen LogP) is 2.15. The Labute approximate surface area is 118 Å². The summed E-state index contributed by atoms with van der Waals surface area (Å²) in [6.07, 6.45) is 0. The number of H-pyrrole nitrogens is 1. The lowest BCUT2D eigenvalue weighted by Gasteiger charge is -2.13. The molecule has 0 radical (unpaired) electrons. The van der Waals surface area contributed by atoms with Crippen molar-refractivity contribution < 1.29 is 24.5 Å². The Morgan fingerprint density at radius 3 is 2.55 bits per heavy atom. The first-order chi connectivity index (χ1) is 9.49. The number of aromatic carboxylic acids is 1. The van der Waals surface area contributed by atoms with Gasteiger partial charge in [0.25, 0.3) is 0 Å². The van der Waals surface area contributed by atoms with Crippen LogP contribution in [0, 0.1) is 0 Å². The van der Waals surface area contributed by atoms with Gasteiger partial charge in [-0.2, -0.15) is 5.10 Å². The van der Waals surface area contributed by atoms with Crippen molar-refractivity contribution in [3.8, 4) is 28.5 Å². The van der Waals surface area contributed by atoms with E-state index in [1.807, 2.05) is 0 Å². The first kappa shape index (κ1) is 14.0. The Hall–Kier alpha value is -2.41. The number of nitrogens with one attached hydrogen (secondary N) is 1. The highest BCUT2D eigenvalue weighted by Crippen LogP contribution is 2.47. The van der Waals surface area contributed by atoms with Gasteiger partial charge in [0.1, 0.15) is 5.69 Å². The van der Waals surface area contributed by atoms with Gasteiger partial charge in [-0.1, -0.05) is 11.6 Å². The van der Waals surface area contributed by atoms with Crippen LogP contribution in [0.25, 0.3) is 11.3 Å². The largest absolute Gasteiger partial charge is 0.504 e. The minimum absolute atomic E-state index is 0.0896. The predicted molar refractivity (Wildman–Crippen MR) is 70.8 cm³/mol. The monoisotopic (exact) mass is 298 g/mol. The summed E-state index contributed by atoms with van der Waals surface area (Å²) in [5.74, 6) is -1.10. The standard InChI is InChI=1S/C12H11ClN2O5/c1-19-8-3-5(13)9(10(16)11(8)20-2)6-4-7(12(17)18)15-14-6/h3-4,16H,1-2H3,(H,14,15)(H,17,18). The van der Waals surface area contributed by atoms with E-state index in [2.05, 4.69) is 10.2 Å². The second-order valence-electron chi connectivity index (χ2n) is 3.79. The molecule has 0 spiro atoms. The van der Waals surface area contributed by atoms with Crippen molar-refractivity contribution in [2.75, 3.05) is 14.2 Å². The maximum atomic E-state index is 10.8. The zero-order valence-electron chi connectivity index (χ0n) is 10.6. The van der Waals surface area contributed by atoms with Crippen LogP contribution in [0.3, 0.4) is 0 Å². The maximum absolute atomic E-state index is 10.8. The molecular weight excluding hydrogens is 288 g/mol. The third kappa shape index (κ3) is 2.23. The molecule has 1 aromatic heterocycles. The smallest absolute Gasteiger partial charge is 0.353 e. The summed E-state index contributed by atoms with van der Waals surface area (Å²) in [5, 5.41) is 25.3. The molecule has 106 valence electrons. The van der Waals surface area contributed by atoms with E-state index in [4.69, 9.17) is 26.2 Å². The third-order valence-corrected chi connectivity index (χ3v) is 2.96. The molecule has 20 heavy (non-hydrogen) atoms. The lowest BCUT2D eigenvalue weighted by molar-refractivity contribution is 0.0690. The number of aromatic nitrogens is 2. The number of aromatic hydroxyl groups is 1. The molecule has 0 aliphatic heterocycles. The second-order valence-corrected chi connectivity index (χ2v) is 4.20. The van der Waals surface area contributed by atoms with Crippen molar-refractivity contribution >= 4 is 17.6 Å². The number of carboxylic acids is 1. The van der Waals surface area contributed by atoms with E-state index in [0.29, 0.717) is 0 Å². The molecule has 1 heterocycles. The molecule has 7 nitrogen and oxygen atoms in total.